The molecule has 1 saturated carbocycles. The summed E-state index contributed by atoms with van der Waals surface area (Å²) in [5, 5.41) is 18.2. The highest BCUT2D eigenvalue weighted by molar-refractivity contribution is 5.92. The van der Waals surface area contributed by atoms with Gasteiger partial charge in [0.2, 0.25) is 0 Å². The average molecular weight is 364 g/mol. The van der Waals surface area contributed by atoms with Crippen LogP contribution in [0.15, 0.2) is 53.1 Å². The highest BCUT2D eigenvalue weighted by Gasteiger charge is 2.29. The minimum atomic E-state index is -0.943. The van der Waals surface area contributed by atoms with E-state index in [4.69, 9.17) is 4.52 Å². The van der Waals surface area contributed by atoms with E-state index in [-0.39, 0.29) is 12.2 Å². The summed E-state index contributed by atoms with van der Waals surface area (Å²) in [7, 11) is 0. The number of aliphatic carboxylic acids is 1. The SMILES string of the molecule is O=C(NCC(Cc1cccc2ccccc12)C(=O)O)c1cc(C2CC2)on1. The Kier molecular flexibility index (Phi) is 4.62. The second-order valence-electron chi connectivity index (χ2n) is 6.98. The molecule has 1 aliphatic rings. The molecule has 1 fully saturated rings. The number of aromatic nitrogens is 1. The van der Waals surface area contributed by atoms with Crippen molar-refractivity contribution >= 4 is 22.6 Å². The van der Waals surface area contributed by atoms with Crippen LogP contribution in [0.1, 0.15) is 40.6 Å². The Morgan fingerprint density at radius 1 is 1.19 bits per heavy atom. The number of carboxylic acids is 1. The summed E-state index contributed by atoms with van der Waals surface area (Å²) >= 11 is 0. The van der Waals surface area contributed by atoms with Crippen LogP contribution in [0.4, 0.5) is 0 Å². The fourth-order valence-electron chi connectivity index (χ4n) is 3.25. The smallest absolute Gasteiger partial charge is 0.308 e. The molecule has 3 aromatic rings. The average Bonchev–Trinajstić information content (AvgIpc) is 3.41. The number of nitrogens with one attached hydrogen (secondary N) is 1. The molecule has 0 spiro atoms. The topological polar surface area (TPSA) is 92.4 Å². The predicted octanol–water partition coefficient (Wildman–Crippen LogP) is 3.38. The number of amides is 1. The zero-order chi connectivity index (χ0) is 18.8. The lowest BCUT2D eigenvalue weighted by Gasteiger charge is -2.14. The van der Waals surface area contributed by atoms with Crippen LogP contribution in [0.25, 0.3) is 10.8 Å². The molecule has 1 atom stereocenters. The predicted molar refractivity (Wildman–Crippen MR) is 99.6 cm³/mol. The molecule has 1 heterocycles. The normalized spacial score (nSPS) is 14.8. The maximum Gasteiger partial charge on any atom is 0.308 e. The number of nitrogens with zero attached hydrogens (tertiary/aromatic N) is 1. The van der Waals surface area contributed by atoms with Crippen molar-refractivity contribution in [2.24, 2.45) is 5.92 Å². The third-order valence-electron chi connectivity index (χ3n) is 4.95. The van der Waals surface area contributed by atoms with E-state index in [1.807, 2.05) is 42.5 Å². The largest absolute Gasteiger partial charge is 0.481 e. The molecule has 138 valence electrons. The third kappa shape index (κ3) is 3.84. The molecule has 2 N–H and O–H groups in total. The van der Waals surface area contributed by atoms with Crippen LogP contribution in [0.2, 0.25) is 0 Å². The number of hydrogen-bond donors (Lipinski definition) is 2. The molecule has 4 rings (SSSR count). The standard InChI is InChI=1S/C21H20N2O4/c24-20(18-11-19(27-23-18)14-8-9-14)22-12-16(21(25)26)10-15-6-3-5-13-4-1-2-7-17(13)15/h1-7,11,14,16H,8-10,12H2,(H,22,24)(H,25,26). The molecule has 1 aliphatic carbocycles. The Hall–Kier alpha value is -3.15. The minimum absolute atomic E-state index is 0.0308. The number of carbonyl (C=O) groups is 2. The van der Waals surface area contributed by atoms with Crippen molar-refractivity contribution < 1.29 is 19.2 Å². The Balaban J connectivity index is 1.44. The quantitative estimate of drug-likeness (QED) is 0.670. The lowest BCUT2D eigenvalue weighted by molar-refractivity contribution is -0.141. The Morgan fingerprint density at radius 3 is 2.74 bits per heavy atom. The Bertz CT molecular complexity index is 985. The molecular formula is C21H20N2O4. The molecule has 1 amide bonds. The van der Waals surface area contributed by atoms with E-state index < -0.39 is 17.8 Å². The Morgan fingerprint density at radius 2 is 1.96 bits per heavy atom. The van der Waals surface area contributed by atoms with Gasteiger partial charge in [-0.2, -0.15) is 0 Å². The van der Waals surface area contributed by atoms with Gasteiger partial charge >= 0.3 is 5.97 Å². The molecule has 0 aliphatic heterocycles. The first-order chi connectivity index (χ1) is 13.1. The number of benzene rings is 2. The number of carboxylic acid groups (broad SMARTS) is 1. The molecule has 0 saturated heterocycles. The summed E-state index contributed by atoms with van der Waals surface area (Å²) in [4.78, 5) is 24.0. The molecule has 27 heavy (non-hydrogen) atoms. The van der Waals surface area contributed by atoms with Crippen LogP contribution >= 0.6 is 0 Å². The van der Waals surface area contributed by atoms with Gasteiger partial charge in [0.05, 0.1) is 5.92 Å². The van der Waals surface area contributed by atoms with E-state index >= 15 is 0 Å². The summed E-state index contributed by atoms with van der Waals surface area (Å²) in [5.41, 5.74) is 1.15. The minimum Gasteiger partial charge on any atom is -0.481 e. The van der Waals surface area contributed by atoms with Gasteiger partial charge in [0.25, 0.3) is 5.91 Å². The summed E-state index contributed by atoms with van der Waals surface area (Å²) in [6.07, 6.45) is 2.45. The van der Waals surface area contributed by atoms with Crippen LogP contribution < -0.4 is 5.32 Å². The molecule has 6 heteroatoms. The first-order valence-electron chi connectivity index (χ1n) is 9.06. The van der Waals surface area contributed by atoms with Gasteiger partial charge in [-0.05, 0) is 35.6 Å². The van der Waals surface area contributed by atoms with Crippen molar-refractivity contribution in [1.82, 2.24) is 10.5 Å². The van der Waals surface area contributed by atoms with E-state index in [9.17, 15) is 14.7 Å². The van der Waals surface area contributed by atoms with Crippen molar-refractivity contribution in [3.63, 3.8) is 0 Å². The number of hydrogen-bond acceptors (Lipinski definition) is 4. The van der Waals surface area contributed by atoms with Gasteiger partial charge in [-0.15, -0.1) is 0 Å². The fourth-order valence-corrected chi connectivity index (χ4v) is 3.25. The van der Waals surface area contributed by atoms with Gasteiger partial charge in [-0.1, -0.05) is 47.6 Å². The van der Waals surface area contributed by atoms with E-state index in [0.29, 0.717) is 12.3 Å². The van der Waals surface area contributed by atoms with Gasteiger partial charge in [-0.3, -0.25) is 9.59 Å². The molecule has 6 nitrogen and oxygen atoms in total. The van der Waals surface area contributed by atoms with Crippen molar-refractivity contribution in [3.8, 4) is 0 Å². The lowest BCUT2D eigenvalue weighted by atomic mass is 9.95. The lowest BCUT2D eigenvalue weighted by Crippen LogP contribution is -2.34. The summed E-state index contributed by atoms with van der Waals surface area (Å²) in [6, 6.07) is 15.4. The van der Waals surface area contributed by atoms with Gasteiger partial charge in [0, 0.05) is 18.5 Å². The van der Waals surface area contributed by atoms with E-state index in [0.717, 1.165) is 34.9 Å². The second-order valence-corrected chi connectivity index (χ2v) is 6.98. The van der Waals surface area contributed by atoms with Crippen molar-refractivity contribution in [2.45, 2.75) is 25.2 Å². The van der Waals surface area contributed by atoms with Gasteiger partial charge in [-0.25, -0.2) is 0 Å². The zero-order valence-electron chi connectivity index (χ0n) is 14.7. The van der Waals surface area contributed by atoms with Crippen LogP contribution in [0, 0.1) is 5.92 Å². The maximum absolute atomic E-state index is 12.3. The van der Waals surface area contributed by atoms with Gasteiger partial charge < -0.3 is 14.9 Å². The first kappa shape index (κ1) is 17.3. The molecule has 1 aromatic heterocycles. The molecule has 0 bridgehead atoms. The number of carbonyl (C=O) groups excluding carboxylic acids is 1. The number of fused-ring (bicyclic) bond motifs is 1. The highest BCUT2D eigenvalue weighted by Crippen LogP contribution is 2.40. The van der Waals surface area contributed by atoms with Crippen molar-refractivity contribution in [1.29, 1.82) is 0 Å². The molecule has 0 radical (unpaired) electrons. The summed E-state index contributed by atoms with van der Waals surface area (Å²) in [6.45, 7) is 0.0308. The number of rotatable bonds is 7. The van der Waals surface area contributed by atoms with Gasteiger partial charge in [0.1, 0.15) is 5.76 Å². The molecule has 2 aromatic carbocycles. The van der Waals surface area contributed by atoms with Crippen LogP contribution in [0.5, 0.6) is 0 Å². The molecule has 1 unspecified atom stereocenters. The molecular weight excluding hydrogens is 344 g/mol. The third-order valence-corrected chi connectivity index (χ3v) is 4.95. The summed E-state index contributed by atoms with van der Waals surface area (Å²) < 4.78 is 5.18. The van der Waals surface area contributed by atoms with Crippen LogP contribution in [-0.4, -0.2) is 28.7 Å². The second kappa shape index (κ2) is 7.23. The van der Waals surface area contributed by atoms with E-state index in [1.165, 1.54) is 0 Å². The Labute approximate surface area is 156 Å². The van der Waals surface area contributed by atoms with E-state index in [1.54, 1.807) is 6.07 Å². The maximum atomic E-state index is 12.3. The van der Waals surface area contributed by atoms with Gasteiger partial charge in [0.15, 0.2) is 5.69 Å². The summed E-state index contributed by atoms with van der Waals surface area (Å²) in [5.74, 6) is -0.977. The van der Waals surface area contributed by atoms with Crippen LogP contribution in [-0.2, 0) is 11.2 Å². The monoisotopic (exact) mass is 364 g/mol. The zero-order valence-corrected chi connectivity index (χ0v) is 14.7. The van der Waals surface area contributed by atoms with Crippen LogP contribution in [0.3, 0.4) is 0 Å². The highest BCUT2D eigenvalue weighted by atomic mass is 16.5. The fraction of sp³-hybridized carbons (Fsp3) is 0.286. The van der Waals surface area contributed by atoms with E-state index in [2.05, 4.69) is 10.5 Å². The van der Waals surface area contributed by atoms with Crippen molar-refractivity contribution in [2.75, 3.05) is 6.54 Å². The first-order valence-corrected chi connectivity index (χ1v) is 9.06. The van der Waals surface area contributed by atoms with Crippen molar-refractivity contribution in [3.05, 3.63) is 65.5 Å².